The molecule has 0 aromatic carbocycles. The van der Waals surface area contributed by atoms with Gasteiger partial charge in [0.2, 0.25) is 0 Å². The highest BCUT2D eigenvalue weighted by atomic mass is 32.2. The Morgan fingerprint density at radius 2 is 1.77 bits per heavy atom. The van der Waals surface area contributed by atoms with Gasteiger partial charge in [-0.15, -0.1) is 0 Å². The van der Waals surface area contributed by atoms with Crippen LogP contribution in [0.1, 0.15) is 8.29 Å². The van der Waals surface area contributed by atoms with Gasteiger partial charge in [0.05, 0.1) is 61.5 Å². The molecule has 0 amide bonds. The summed E-state index contributed by atoms with van der Waals surface area (Å²) in [4.78, 5) is 27.1. The zero-order chi connectivity index (χ0) is 25.9. The summed E-state index contributed by atoms with van der Waals surface area (Å²) in [6.07, 6.45) is 0. The lowest BCUT2D eigenvalue weighted by Gasteiger charge is -2.28. The number of phosphoric ester groups is 1. The fraction of sp³-hybridized carbons (Fsp3) is 0.929. The van der Waals surface area contributed by atoms with Gasteiger partial charge in [0.25, 0.3) is 7.82 Å². The molecule has 0 aromatic rings. The molecule has 0 heterocycles. The first kappa shape index (κ1) is 33.9. The summed E-state index contributed by atoms with van der Waals surface area (Å²) >= 11 is 0. The Hall–Kier alpha value is -0.710. The Kier molecular flexibility index (Phi) is 20.3. The first-order valence-corrected chi connectivity index (χ1v) is 11.4. The van der Waals surface area contributed by atoms with Crippen LogP contribution in [0.25, 0.3) is 0 Å². The van der Waals surface area contributed by atoms with E-state index in [0.717, 1.165) is 6.54 Å². The van der Waals surface area contributed by atoms with Crippen molar-refractivity contribution in [3.8, 4) is 0 Å². The van der Waals surface area contributed by atoms with Crippen LogP contribution in [0, 0.1) is 0 Å². The van der Waals surface area contributed by atoms with Gasteiger partial charge in [-0.3, -0.25) is 9.09 Å². The Morgan fingerprint density at radius 3 is 1.83 bits per heavy atom. The summed E-state index contributed by atoms with van der Waals surface area (Å²) in [5.74, 6) is -1.48. The van der Waals surface area contributed by atoms with Gasteiger partial charge in [-0.2, -0.15) is 0 Å². The van der Waals surface area contributed by atoms with E-state index < -0.39 is 36.6 Å². The highest BCUT2D eigenvalue weighted by Gasteiger charge is 2.10. The van der Waals surface area contributed by atoms with Crippen molar-refractivity contribution in [3.63, 3.8) is 0 Å². The van der Waals surface area contributed by atoms with Crippen LogP contribution in [-0.2, 0) is 24.0 Å². The molecule has 0 radical (unpaired) electrons. The molecule has 1 atom stereocenters. The molecular formula is C14H36N3O11PS-2. The number of likely N-dealkylation sites (N-methyl/N-ethyl adjacent to an activating group) is 2. The highest BCUT2D eigenvalue weighted by molar-refractivity contribution is 7.85. The second-order valence-electron chi connectivity index (χ2n) is 6.93. The van der Waals surface area contributed by atoms with Crippen LogP contribution in [0.2, 0.25) is 0 Å². The SMILES string of the molecule is CC[N+](C)(C)CC(=O)[O-].CNCS(=O)(=O)[O-].O=P([O-])(O)OCO.[2H]C[N+](C)(C)CC[O-]. The van der Waals surface area contributed by atoms with Gasteiger partial charge in [-0.05, 0) is 14.0 Å². The Labute approximate surface area is 180 Å². The molecule has 0 saturated carbocycles. The van der Waals surface area contributed by atoms with E-state index >= 15 is 0 Å². The summed E-state index contributed by atoms with van der Waals surface area (Å²) < 4.78 is 49.6. The summed E-state index contributed by atoms with van der Waals surface area (Å²) in [5, 5.41) is 29.9. The standard InChI is InChI=1S/C6H13NO2.C5H13NO.C2H7NO3S.CH5O5P/c1-4-7(2,3)5-6(8)9;1-6(2,3)4-5-7;1-3-2-7(4,5)6;2-1-6-7(3,4)5/h4-5H2,1-3H3;4-5H2,1-3H3;3H,2H2,1H3,(H,4,5,6);2H,1H2,(H2,3,4,5)/p-2/i;1D;;. The number of hydrogen-bond acceptors (Lipinski definition) is 11. The van der Waals surface area contributed by atoms with E-state index in [1.165, 1.54) is 7.05 Å². The minimum absolute atomic E-state index is 0.0775. The molecule has 0 spiro atoms. The van der Waals surface area contributed by atoms with Gasteiger partial charge in [0.1, 0.15) is 16.7 Å². The topological polar surface area (TPSA) is 222 Å². The lowest BCUT2D eigenvalue weighted by Crippen LogP contribution is -2.47. The molecule has 0 bridgehead atoms. The van der Waals surface area contributed by atoms with Crippen LogP contribution in [0.3, 0.4) is 0 Å². The number of aliphatic carboxylic acids is 1. The first-order chi connectivity index (χ1) is 13.7. The number of nitrogens with one attached hydrogen (secondary N) is 1. The first-order valence-electron chi connectivity index (χ1n) is 9.01. The largest absolute Gasteiger partial charge is 0.850 e. The number of rotatable bonds is 9. The summed E-state index contributed by atoms with van der Waals surface area (Å²) in [6, 6.07) is 0. The second-order valence-corrected chi connectivity index (χ2v) is 9.53. The number of nitrogens with zero attached hydrogens (tertiary/aromatic N) is 2. The predicted molar refractivity (Wildman–Crippen MR) is 102 cm³/mol. The molecule has 0 aromatic heterocycles. The van der Waals surface area contributed by atoms with Gasteiger partial charge < -0.3 is 48.7 Å². The molecule has 0 aliphatic rings. The van der Waals surface area contributed by atoms with Crippen LogP contribution in [0.15, 0.2) is 0 Å². The predicted octanol–water partition coefficient (Wildman–Crippen LogP) is -4.99. The quantitative estimate of drug-likeness (QED) is 0.121. The van der Waals surface area contributed by atoms with E-state index in [1.807, 2.05) is 35.1 Å². The Bertz CT molecular complexity index is 600. The minimum atomic E-state index is -4.67. The zero-order valence-corrected chi connectivity index (χ0v) is 20.0. The third-order valence-corrected chi connectivity index (χ3v) is 3.74. The molecule has 186 valence electrons. The fourth-order valence-electron chi connectivity index (χ4n) is 0.958. The number of carboxylic acid groups (broad SMARTS) is 1. The van der Waals surface area contributed by atoms with Gasteiger partial charge >= 0.3 is 0 Å². The lowest BCUT2D eigenvalue weighted by molar-refractivity contribution is -0.882. The maximum Gasteiger partial charge on any atom is 0.267 e. The van der Waals surface area contributed by atoms with E-state index in [4.69, 9.17) is 11.4 Å². The second kappa shape index (κ2) is 17.9. The fourth-order valence-corrected chi connectivity index (χ4v) is 1.46. The normalized spacial score (nSPS) is 13.8. The minimum Gasteiger partial charge on any atom is -0.850 e. The van der Waals surface area contributed by atoms with Crippen molar-refractivity contribution in [1.29, 1.82) is 0 Å². The summed E-state index contributed by atoms with van der Waals surface area (Å²) in [7, 11) is 0.465. The number of hydrogen-bond donors (Lipinski definition) is 3. The molecular weight excluding hydrogens is 449 g/mol. The van der Waals surface area contributed by atoms with Crippen molar-refractivity contribution < 1.29 is 62.3 Å². The molecule has 16 heteroatoms. The van der Waals surface area contributed by atoms with E-state index in [9.17, 15) is 37.4 Å². The van der Waals surface area contributed by atoms with Gasteiger partial charge in [0, 0.05) is 0 Å². The van der Waals surface area contributed by atoms with E-state index in [0.29, 0.717) is 22.5 Å². The number of carbonyl (C=O) groups is 1. The number of phosphoric acid groups is 1. The number of carboxylic acids is 1. The van der Waals surface area contributed by atoms with Crippen LogP contribution in [0.4, 0.5) is 0 Å². The maximum atomic E-state index is 10.0. The molecule has 30 heavy (non-hydrogen) atoms. The molecule has 0 rings (SSSR count). The number of aliphatic hydroxyl groups is 1. The molecule has 0 saturated heterocycles. The Morgan fingerprint density at radius 1 is 1.30 bits per heavy atom. The lowest BCUT2D eigenvalue weighted by atomic mass is 10.4. The molecule has 14 nitrogen and oxygen atoms in total. The average Bonchev–Trinajstić information content (AvgIpc) is 2.53. The van der Waals surface area contributed by atoms with Crippen LogP contribution >= 0.6 is 7.82 Å². The van der Waals surface area contributed by atoms with Crippen LogP contribution < -0.4 is 20.4 Å². The number of aliphatic hydroxyl groups excluding tert-OH is 1. The van der Waals surface area contributed by atoms with Crippen LogP contribution in [0.5, 0.6) is 0 Å². The van der Waals surface area contributed by atoms with Crippen molar-refractivity contribution in [2.24, 2.45) is 0 Å². The monoisotopic (exact) mass is 486 g/mol. The molecule has 0 aliphatic heterocycles. The van der Waals surface area contributed by atoms with Crippen LogP contribution in [-0.4, -0.2) is 119 Å². The third kappa shape index (κ3) is 50.7. The summed E-state index contributed by atoms with van der Waals surface area (Å²) in [5.41, 5.74) is 0. The van der Waals surface area contributed by atoms with E-state index in [2.05, 4.69) is 9.84 Å². The van der Waals surface area contributed by atoms with E-state index in [1.54, 1.807) is 0 Å². The highest BCUT2D eigenvalue weighted by Crippen LogP contribution is 2.28. The molecule has 1 unspecified atom stereocenters. The van der Waals surface area contributed by atoms with Gasteiger partial charge in [-0.1, -0.05) is 6.61 Å². The number of quaternary nitrogens is 2. The molecule has 3 N–H and O–H groups in total. The Balaban J connectivity index is -0.000000158. The van der Waals surface area contributed by atoms with Crippen molar-refractivity contribution in [3.05, 3.63) is 0 Å². The number of carbonyl (C=O) groups excluding carboxylic acids is 1. The smallest absolute Gasteiger partial charge is 0.267 e. The van der Waals surface area contributed by atoms with Crippen molar-refractivity contribution in [2.75, 3.05) is 81.2 Å². The van der Waals surface area contributed by atoms with Gasteiger partial charge in [0.15, 0.2) is 6.79 Å². The van der Waals surface area contributed by atoms with Gasteiger partial charge in [-0.25, -0.2) is 8.42 Å². The van der Waals surface area contributed by atoms with Crippen molar-refractivity contribution in [1.82, 2.24) is 5.32 Å². The average molecular weight is 486 g/mol. The maximum absolute atomic E-state index is 10.0. The van der Waals surface area contributed by atoms with Crippen molar-refractivity contribution in [2.45, 2.75) is 6.92 Å². The molecule has 0 fully saturated rings. The summed E-state index contributed by atoms with van der Waals surface area (Å²) in [6.45, 7) is 2.32. The van der Waals surface area contributed by atoms with Crippen molar-refractivity contribution >= 4 is 23.9 Å². The third-order valence-electron chi connectivity index (χ3n) is 2.65. The zero-order valence-electron chi connectivity index (χ0n) is 19.3. The molecule has 0 aliphatic carbocycles. The van der Waals surface area contributed by atoms with E-state index in [-0.39, 0.29) is 13.2 Å².